The Balaban J connectivity index is 1.99. The summed E-state index contributed by atoms with van der Waals surface area (Å²) in [6, 6.07) is 7.72. The van der Waals surface area contributed by atoms with E-state index in [-0.39, 0.29) is 5.75 Å². The maximum atomic E-state index is 9.73. The summed E-state index contributed by atoms with van der Waals surface area (Å²) >= 11 is 0. The van der Waals surface area contributed by atoms with Gasteiger partial charge in [0.2, 0.25) is 0 Å². The van der Waals surface area contributed by atoms with Crippen LogP contribution in [0.5, 0.6) is 5.75 Å². The number of benzene rings is 1. The predicted octanol–water partition coefficient (Wildman–Crippen LogP) is 2.50. The number of hydrogen-bond acceptors (Lipinski definition) is 4. The quantitative estimate of drug-likeness (QED) is 0.881. The number of nitrogens with two attached hydrogens (primary N) is 1. The molecule has 0 amide bonds. The van der Waals surface area contributed by atoms with E-state index in [1.807, 2.05) is 18.3 Å². The molecule has 1 fully saturated rings. The first-order valence-electron chi connectivity index (χ1n) is 7.27. The number of aromatic hydroxyl groups is 1. The van der Waals surface area contributed by atoms with E-state index >= 15 is 0 Å². The molecule has 4 heteroatoms. The number of anilines is 1. The number of rotatable bonds is 2. The third-order valence-electron chi connectivity index (χ3n) is 4.35. The van der Waals surface area contributed by atoms with Crippen molar-refractivity contribution in [2.45, 2.75) is 25.8 Å². The van der Waals surface area contributed by atoms with Crippen molar-refractivity contribution in [3.05, 3.63) is 30.5 Å². The Bertz CT molecular complexity index is 614. The van der Waals surface area contributed by atoms with Crippen LogP contribution in [0, 0.1) is 5.92 Å². The van der Waals surface area contributed by atoms with Crippen LogP contribution in [0.25, 0.3) is 10.8 Å². The number of aromatic nitrogens is 1. The van der Waals surface area contributed by atoms with E-state index in [9.17, 15) is 5.11 Å². The van der Waals surface area contributed by atoms with Crippen molar-refractivity contribution in [2.75, 3.05) is 18.0 Å². The van der Waals surface area contributed by atoms with E-state index < -0.39 is 0 Å². The number of phenols is 1. The normalized spacial score (nSPS) is 23.2. The molecule has 4 nitrogen and oxygen atoms in total. The molecule has 0 radical (unpaired) electrons. The fraction of sp³-hybridized carbons (Fsp3) is 0.438. The number of nitrogens with zero attached hydrogens (tertiary/aromatic N) is 2. The summed E-state index contributed by atoms with van der Waals surface area (Å²) in [5.74, 6) is 1.76. The van der Waals surface area contributed by atoms with Gasteiger partial charge in [-0.25, -0.2) is 4.98 Å². The molecule has 1 aliphatic rings. The Morgan fingerprint density at radius 3 is 3.05 bits per heavy atom. The number of phenolic OH excluding ortho intramolecular Hbond substituents is 1. The van der Waals surface area contributed by atoms with Crippen LogP contribution in [0.4, 0.5) is 5.82 Å². The van der Waals surface area contributed by atoms with Crippen LogP contribution in [-0.2, 0) is 0 Å². The molecule has 0 bridgehead atoms. The Morgan fingerprint density at radius 1 is 1.40 bits per heavy atom. The van der Waals surface area contributed by atoms with Crippen molar-refractivity contribution in [2.24, 2.45) is 11.7 Å². The molecule has 0 saturated carbocycles. The summed E-state index contributed by atoms with van der Waals surface area (Å²) in [5.41, 5.74) is 6.18. The van der Waals surface area contributed by atoms with Crippen LogP contribution >= 0.6 is 0 Å². The summed E-state index contributed by atoms with van der Waals surface area (Å²) < 4.78 is 0. The molecule has 2 aromatic rings. The van der Waals surface area contributed by atoms with Crippen molar-refractivity contribution in [1.82, 2.24) is 4.98 Å². The van der Waals surface area contributed by atoms with E-state index in [1.54, 1.807) is 12.1 Å². The second kappa shape index (κ2) is 5.29. The zero-order valence-electron chi connectivity index (χ0n) is 11.8. The second-order valence-electron chi connectivity index (χ2n) is 5.61. The SMILES string of the molecule is CCC1CN(c2nccc3ccc(O)cc23)CCC1N. The largest absolute Gasteiger partial charge is 0.508 e. The molecule has 1 saturated heterocycles. The van der Waals surface area contributed by atoms with Crippen LogP contribution in [-0.4, -0.2) is 29.2 Å². The van der Waals surface area contributed by atoms with Crippen molar-refractivity contribution in [1.29, 1.82) is 0 Å². The van der Waals surface area contributed by atoms with E-state index in [1.165, 1.54) is 0 Å². The molecule has 1 aliphatic heterocycles. The Morgan fingerprint density at radius 2 is 2.25 bits per heavy atom. The molecule has 2 heterocycles. The van der Waals surface area contributed by atoms with E-state index in [0.717, 1.165) is 42.5 Å². The zero-order valence-corrected chi connectivity index (χ0v) is 11.8. The van der Waals surface area contributed by atoms with Gasteiger partial charge in [-0.2, -0.15) is 0 Å². The molecular weight excluding hydrogens is 250 g/mol. The average Bonchev–Trinajstić information content (AvgIpc) is 2.47. The lowest BCUT2D eigenvalue weighted by atomic mass is 9.90. The third kappa shape index (κ3) is 2.31. The molecular formula is C16H21N3O. The fourth-order valence-electron chi connectivity index (χ4n) is 3.07. The van der Waals surface area contributed by atoms with Gasteiger partial charge in [-0.15, -0.1) is 0 Å². The summed E-state index contributed by atoms with van der Waals surface area (Å²) in [6.07, 6.45) is 3.92. The van der Waals surface area contributed by atoms with Gasteiger partial charge in [-0.05, 0) is 35.9 Å². The highest BCUT2D eigenvalue weighted by Crippen LogP contribution is 2.30. The average molecular weight is 271 g/mol. The number of piperidine rings is 1. The minimum absolute atomic E-state index is 0.285. The highest BCUT2D eigenvalue weighted by atomic mass is 16.3. The van der Waals surface area contributed by atoms with Crippen LogP contribution < -0.4 is 10.6 Å². The lowest BCUT2D eigenvalue weighted by Crippen LogP contribution is -2.47. The molecule has 1 aromatic carbocycles. The van der Waals surface area contributed by atoms with Gasteiger partial charge in [0.1, 0.15) is 11.6 Å². The number of hydrogen-bond donors (Lipinski definition) is 2. The second-order valence-corrected chi connectivity index (χ2v) is 5.61. The van der Waals surface area contributed by atoms with Gasteiger partial charge < -0.3 is 15.7 Å². The highest BCUT2D eigenvalue weighted by Gasteiger charge is 2.26. The molecule has 2 unspecified atom stereocenters. The van der Waals surface area contributed by atoms with Crippen LogP contribution in [0.2, 0.25) is 0 Å². The fourth-order valence-corrected chi connectivity index (χ4v) is 3.07. The molecule has 3 rings (SSSR count). The first-order valence-corrected chi connectivity index (χ1v) is 7.27. The minimum atomic E-state index is 0.285. The van der Waals surface area contributed by atoms with Gasteiger partial charge in [-0.1, -0.05) is 19.4 Å². The molecule has 2 atom stereocenters. The Labute approximate surface area is 119 Å². The Kier molecular flexibility index (Phi) is 3.49. The van der Waals surface area contributed by atoms with E-state index in [4.69, 9.17) is 5.73 Å². The van der Waals surface area contributed by atoms with Crippen molar-refractivity contribution >= 4 is 16.6 Å². The summed E-state index contributed by atoms with van der Waals surface area (Å²) in [5, 5.41) is 11.8. The molecule has 0 aliphatic carbocycles. The van der Waals surface area contributed by atoms with Crippen molar-refractivity contribution in [3.8, 4) is 5.75 Å². The highest BCUT2D eigenvalue weighted by molar-refractivity contribution is 5.93. The first-order chi connectivity index (χ1) is 9.69. The predicted molar refractivity (Wildman–Crippen MR) is 82.0 cm³/mol. The van der Waals surface area contributed by atoms with E-state index in [0.29, 0.717) is 12.0 Å². The van der Waals surface area contributed by atoms with Gasteiger partial charge in [-0.3, -0.25) is 0 Å². The molecule has 106 valence electrons. The maximum Gasteiger partial charge on any atom is 0.136 e. The lowest BCUT2D eigenvalue weighted by molar-refractivity contribution is 0.347. The summed E-state index contributed by atoms with van der Waals surface area (Å²) in [4.78, 5) is 6.84. The van der Waals surface area contributed by atoms with Gasteiger partial charge in [0.15, 0.2) is 0 Å². The van der Waals surface area contributed by atoms with Crippen molar-refractivity contribution in [3.63, 3.8) is 0 Å². The Hall–Kier alpha value is -1.81. The molecule has 3 N–H and O–H groups in total. The monoisotopic (exact) mass is 271 g/mol. The third-order valence-corrected chi connectivity index (χ3v) is 4.35. The zero-order chi connectivity index (χ0) is 14.1. The van der Waals surface area contributed by atoms with Gasteiger partial charge >= 0.3 is 0 Å². The molecule has 1 aromatic heterocycles. The minimum Gasteiger partial charge on any atom is -0.508 e. The van der Waals surface area contributed by atoms with Gasteiger partial charge in [0, 0.05) is 30.7 Å². The lowest BCUT2D eigenvalue weighted by Gasteiger charge is -2.37. The maximum absolute atomic E-state index is 9.73. The first kappa shape index (κ1) is 13.2. The van der Waals surface area contributed by atoms with Gasteiger partial charge in [0.25, 0.3) is 0 Å². The smallest absolute Gasteiger partial charge is 0.136 e. The standard InChI is InChI=1S/C16H21N3O/c1-2-11-10-19(8-6-15(11)17)16-14-9-13(20)4-3-12(14)5-7-18-16/h3-5,7,9,11,15,20H,2,6,8,10,17H2,1H3. The van der Waals surface area contributed by atoms with Crippen LogP contribution in [0.15, 0.2) is 30.5 Å². The topological polar surface area (TPSA) is 62.4 Å². The van der Waals surface area contributed by atoms with E-state index in [2.05, 4.69) is 16.8 Å². The molecule has 20 heavy (non-hydrogen) atoms. The van der Waals surface area contributed by atoms with Crippen molar-refractivity contribution < 1.29 is 5.11 Å². The summed E-state index contributed by atoms with van der Waals surface area (Å²) in [7, 11) is 0. The van der Waals surface area contributed by atoms with Crippen LogP contribution in [0.3, 0.4) is 0 Å². The number of fused-ring (bicyclic) bond motifs is 1. The molecule has 0 spiro atoms. The number of pyridine rings is 1. The van der Waals surface area contributed by atoms with Crippen LogP contribution in [0.1, 0.15) is 19.8 Å². The van der Waals surface area contributed by atoms with Gasteiger partial charge in [0.05, 0.1) is 0 Å². The summed E-state index contributed by atoms with van der Waals surface area (Å²) in [6.45, 7) is 4.06.